The van der Waals surface area contributed by atoms with Gasteiger partial charge >= 0.3 is 6.09 Å². The highest BCUT2D eigenvalue weighted by Crippen LogP contribution is 2.44. The topological polar surface area (TPSA) is 29.5 Å². The minimum atomic E-state index is -0.161. The molecule has 31 heavy (non-hydrogen) atoms. The lowest BCUT2D eigenvalue weighted by Gasteiger charge is -2.44. The number of benzene rings is 2. The van der Waals surface area contributed by atoms with E-state index >= 15 is 0 Å². The number of amides is 1. The van der Waals surface area contributed by atoms with Gasteiger partial charge in [0.1, 0.15) is 6.61 Å². The Kier molecular flexibility index (Phi) is 5.55. The van der Waals surface area contributed by atoms with Gasteiger partial charge in [-0.3, -0.25) is 4.90 Å². The summed E-state index contributed by atoms with van der Waals surface area (Å²) in [5.41, 5.74) is 6.42. The third kappa shape index (κ3) is 3.76. The Bertz CT molecular complexity index is 1030. The van der Waals surface area contributed by atoms with Crippen molar-refractivity contribution >= 4 is 6.09 Å². The Morgan fingerprint density at radius 3 is 2.42 bits per heavy atom. The largest absolute Gasteiger partial charge is 0.448 e. The first kappa shape index (κ1) is 19.9. The Hall–Kier alpha value is -2.99. The molecule has 2 aliphatic heterocycles. The van der Waals surface area contributed by atoms with E-state index in [0.29, 0.717) is 6.61 Å². The average molecular weight is 412 g/mol. The van der Waals surface area contributed by atoms with Crippen LogP contribution >= 0.6 is 0 Å². The summed E-state index contributed by atoms with van der Waals surface area (Å²) in [7, 11) is 0. The average Bonchev–Trinajstić information content (AvgIpc) is 3.11. The Morgan fingerprint density at radius 1 is 1.03 bits per heavy atom. The molecule has 0 radical (unpaired) electrons. The fourth-order valence-corrected chi connectivity index (χ4v) is 5.50. The quantitative estimate of drug-likeness (QED) is 0.439. The van der Waals surface area contributed by atoms with Crippen molar-refractivity contribution < 1.29 is 9.53 Å². The van der Waals surface area contributed by atoms with Crippen LogP contribution in [0.2, 0.25) is 0 Å². The fourth-order valence-electron chi connectivity index (χ4n) is 5.50. The number of carbonyl (C=O) groups is 1. The second-order valence-corrected chi connectivity index (χ2v) is 8.78. The van der Waals surface area contributed by atoms with Crippen molar-refractivity contribution in [2.45, 2.75) is 63.5 Å². The standard InChI is InChI=1S/C28H29NO2/c1-2-3-4-10-20-17-21-11-9-12-22(18-20)29(21)28(30)31-19-27-25-15-7-5-13-23(25)24-14-6-8-16-26(24)27/h5-8,13-17,21-22,27H,2,9-12,18-19H2,1H3. The number of carbonyl (C=O) groups excluding carboxylic acids is 1. The first-order valence-electron chi connectivity index (χ1n) is 11.5. The molecule has 0 aromatic heterocycles. The molecule has 2 heterocycles. The second-order valence-electron chi connectivity index (χ2n) is 8.78. The van der Waals surface area contributed by atoms with Crippen molar-refractivity contribution in [1.82, 2.24) is 4.90 Å². The predicted octanol–water partition coefficient (Wildman–Crippen LogP) is 6.29. The maximum absolute atomic E-state index is 13.2. The number of hydrogen-bond acceptors (Lipinski definition) is 2. The van der Waals surface area contributed by atoms with Crippen LogP contribution < -0.4 is 0 Å². The van der Waals surface area contributed by atoms with Gasteiger partial charge in [-0.05, 0) is 47.9 Å². The van der Waals surface area contributed by atoms with Crippen molar-refractivity contribution in [3.05, 3.63) is 71.3 Å². The highest BCUT2D eigenvalue weighted by Gasteiger charge is 2.38. The minimum Gasteiger partial charge on any atom is -0.448 e. The summed E-state index contributed by atoms with van der Waals surface area (Å²) in [6.07, 6.45) is 8.02. The second kappa shape index (κ2) is 8.63. The van der Waals surface area contributed by atoms with Crippen LogP contribution in [0.15, 0.2) is 60.2 Å². The van der Waals surface area contributed by atoms with Gasteiger partial charge in [0.25, 0.3) is 0 Å². The molecule has 5 rings (SSSR count). The third-order valence-corrected chi connectivity index (χ3v) is 6.88. The van der Waals surface area contributed by atoms with Gasteiger partial charge in [0, 0.05) is 24.8 Å². The van der Waals surface area contributed by atoms with Gasteiger partial charge in [-0.1, -0.05) is 73.0 Å². The van der Waals surface area contributed by atoms with Gasteiger partial charge in [-0.25, -0.2) is 4.79 Å². The SMILES string of the molecule is CCC#CCC1=CC2CCCC(C1)N2C(=O)OCC1c2ccccc2-c2ccccc21. The van der Waals surface area contributed by atoms with E-state index in [1.165, 1.54) is 34.2 Å². The molecule has 1 fully saturated rings. The maximum Gasteiger partial charge on any atom is 0.410 e. The van der Waals surface area contributed by atoms with Crippen LogP contribution in [0.1, 0.15) is 62.5 Å². The Morgan fingerprint density at radius 2 is 1.74 bits per heavy atom. The zero-order chi connectivity index (χ0) is 21.2. The summed E-state index contributed by atoms with van der Waals surface area (Å²) in [4.78, 5) is 15.2. The molecule has 1 amide bonds. The summed E-state index contributed by atoms with van der Waals surface area (Å²) in [6.45, 7) is 2.47. The lowest BCUT2D eigenvalue weighted by molar-refractivity contribution is 0.0509. The molecule has 158 valence electrons. The van der Waals surface area contributed by atoms with Crippen LogP contribution in [0, 0.1) is 11.8 Å². The summed E-state index contributed by atoms with van der Waals surface area (Å²) >= 11 is 0. The van der Waals surface area contributed by atoms with E-state index in [1.54, 1.807) is 0 Å². The molecule has 0 spiro atoms. The van der Waals surface area contributed by atoms with E-state index in [9.17, 15) is 4.79 Å². The lowest BCUT2D eigenvalue weighted by atomic mass is 9.84. The van der Waals surface area contributed by atoms with Gasteiger partial charge in [0.2, 0.25) is 0 Å². The lowest BCUT2D eigenvalue weighted by Crippen LogP contribution is -2.52. The van der Waals surface area contributed by atoms with Crippen LogP contribution in [0.3, 0.4) is 0 Å². The summed E-state index contributed by atoms with van der Waals surface area (Å²) in [5, 5.41) is 0. The molecule has 2 unspecified atom stereocenters. The smallest absolute Gasteiger partial charge is 0.410 e. The number of piperidine rings is 1. The number of rotatable bonds is 3. The molecule has 3 nitrogen and oxygen atoms in total. The van der Waals surface area contributed by atoms with Crippen molar-refractivity contribution in [2.24, 2.45) is 0 Å². The van der Waals surface area contributed by atoms with E-state index in [0.717, 1.165) is 32.1 Å². The van der Waals surface area contributed by atoms with Gasteiger partial charge in [-0.15, -0.1) is 5.92 Å². The first-order valence-corrected chi connectivity index (χ1v) is 11.5. The van der Waals surface area contributed by atoms with Gasteiger partial charge in [-0.2, -0.15) is 0 Å². The first-order chi connectivity index (χ1) is 15.3. The van der Waals surface area contributed by atoms with Crippen molar-refractivity contribution in [2.75, 3.05) is 6.61 Å². The van der Waals surface area contributed by atoms with Crippen LogP contribution in [0.25, 0.3) is 11.1 Å². The summed E-state index contributed by atoms with van der Waals surface area (Å²) in [6, 6.07) is 17.4. The zero-order valence-corrected chi connectivity index (χ0v) is 18.1. The van der Waals surface area contributed by atoms with E-state index in [4.69, 9.17) is 4.74 Å². The van der Waals surface area contributed by atoms with Crippen LogP contribution in [-0.4, -0.2) is 29.7 Å². The van der Waals surface area contributed by atoms with Crippen LogP contribution in [0.4, 0.5) is 4.79 Å². The van der Waals surface area contributed by atoms with Crippen molar-refractivity contribution in [3.63, 3.8) is 0 Å². The minimum absolute atomic E-state index is 0.108. The Labute approximate surface area is 185 Å². The molecule has 3 heteroatoms. The molecule has 3 aliphatic rings. The molecule has 0 saturated carbocycles. The molecule has 2 bridgehead atoms. The maximum atomic E-state index is 13.2. The van der Waals surface area contributed by atoms with E-state index in [2.05, 4.69) is 73.4 Å². The Balaban J connectivity index is 1.31. The highest BCUT2D eigenvalue weighted by atomic mass is 16.6. The number of hydrogen-bond donors (Lipinski definition) is 0. The van der Waals surface area contributed by atoms with E-state index < -0.39 is 0 Å². The molecule has 1 aliphatic carbocycles. The molecule has 2 aromatic carbocycles. The van der Waals surface area contributed by atoms with Crippen LogP contribution in [0.5, 0.6) is 0 Å². The van der Waals surface area contributed by atoms with Gasteiger partial charge < -0.3 is 4.74 Å². The summed E-state index contributed by atoms with van der Waals surface area (Å²) < 4.78 is 5.98. The predicted molar refractivity (Wildman–Crippen MR) is 124 cm³/mol. The molecular formula is C28H29NO2. The number of fused-ring (bicyclic) bond motifs is 5. The normalized spacial score (nSPS) is 21.5. The molecule has 2 atom stereocenters. The summed E-state index contributed by atoms with van der Waals surface area (Å²) in [5.74, 6) is 6.54. The van der Waals surface area contributed by atoms with Crippen molar-refractivity contribution in [3.8, 4) is 23.0 Å². The molecule has 1 saturated heterocycles. The zero-order valence-electron chi connectivity index (χ0n) is 18.1. The molecule has 2 aromatic rings. The number of nitrogens with zero attached hydrogens (tertiary/aromatic N) is 1. The molecular weight excluding hydrogens is 382 g/mol. The van der Waals surface area contributed by atoms with Crippen LogP contribution in [-0.2, 0) is 4.74 Å². The highest BCUT2D eigenvalue weighted by molar-refractivity contribution is 5.79. The third-order valence-electron chi connectivity index (χ3n) is 6.88. The van der Waals surface area contributed by atoms with E-state index in [-0.39, 0.29) is 24.1 Å². The van der Waals surface area contributed by atoms with Gasteiger partial charge in [0.15, 0.2) is 0 Å². The molecule has 0 N–H and O–H groups in total. The monoisotopic (exact) mass is 411 g/mol. The van der Waals surface area contributed by atoms with E-state index in [1.807, 2.05) is 4.90 Å². The van der Waals surface area contributed by atoms with Gasteiger partial charge in [0.05, 0.1) is 6.04 Å². The fraction of sp³-hybridized carbons (Fsp3) is 0.393. The number of ether oxygens (including phenoxy) is 1. The van der Waals surface area contributed by atoms with Crippen molar-refractivity contribution in [1.29, 1.82) is 0 Å².